The number of nitrogens with zero attached hydrogens (tertiary/aromatic N) is 2. The average Bonchev–Trinajstić information content (AvgIpc) is 2.68. The molecule has 0 aliphatic heterocycles. The molecule has 2 aromatic carbocycles. The fourth-order valence-corrected chi connectivity index (χ4v) is 2.86. The van der Waals surface area contributed by atoms with Crippen molar-refractivity contribution >= 4 is 11.8 Å². The first-order valence-electron chi connectivity index (χ1n) is 8.95. The van der Waals surface area contributed by atoms with Gasteiger partial charge in [-0.3, -0.25) is 5.32 Å². The lowest BCUT2D eigenvalue weighted by molar-refractivity contribution is 0.187. The first kappa shape index (κ1) is 19.4. The van der Waals surface area contributed by atoms with Crippen molar-refractivity contribution in [1.29, 1.82) is 0 Å². The molecular weight excluding hydrogens is 354 g/mol. The van der Waals surface area contributed by atoms with Gasteiger partial charge in [-0.15, -0.1) is 0 Å². The second-order valence-electron chi connectivity index (χ2n) is 6.51. The minimum Gasteiger partial charge on any atom is -0.489 e. The number of aromatic nitrogens is 2. The van der Waals surface area contributed by atoms with Crippen LogP contribution < -0.4 is 10.1 Å². The van der Waals surface area contributed by atoms with E-state index in [0.717, 1.165) is 33.7 Å². The highest BCUT2D eigenvalue weighted by atomic mass is 16.5. The largest absolute Gasteiger partial charge is 0.489 e. The van der Waals surface area contributed by atoms with Crippen LogP contribution in [0.1, 0.15) is 22.4 Å². The molecule has 1 amide bonds. The number of hydrogen-bond acceptors (Lipinski definition) is 5. The van der Waals surface area contributed by atoms with Crippen molar-refractivity contribution in [3.05, 3.63) is 71.0 Å². The Kier molecular flexibility index (Phi) is 5.89. The van der Waals surface area contributed by atoms with E-state index in [0.29, 0.717) is 18.1 Å². The summed E-state index contributed by atoms with van der Waals surface area (Å²) in [5.74, 6) is 1.46. The number of nitrogens with one attached hydrogen (secondary N) is 1. The maximum atomic E-state index is 11.6. The first-order chi connectivity index (χ1) is 13.5. The molecule has 0 bridgehead atoms. The van der Waals surface area contributed by atoms with Crippen LogP contribution in [0.25, 0.3) is 11.4 Å². The Bertz CT molecular complexity index is 1000. The van der Waals surface area contributed by atoms with Crippen LogP contribution in [0.15, 0.2) is 48.7 Å². The third-order valence-electron chi connectivity index (χ3n) is 4.43. The van der Waals surface area contributed by atoms with Gasteiger partial charge >= 0.3 is 6.09 Å². The molecule has 0 saturated carbocycles. The quantitative estimate of drug-likeness (QED) is 0.690. The van der Waals surface area contributed by atoms with E-state index >= 15 is 0 Å². The summed E-state index contributed by atoms with van der Waals surface area (Å²) < 4.78 is 10.7. The zero-order valence-electron chi connectivity index (χ0n) is 16.4. The molecule has 144 valence electrons. The monoisotopic (exact) mass is 377 g/mol. The summed E-state index contributed by atoms with van der Waals surface area (Å²) in [7, 11) is 1.34. The molecule has 0 atom stereocenters. The van der Waals surface area contributed by atoms with Gasteiger partial charge in [-0.2, -0.15) is 0 Å². The average molecular weight is 377 g/mol. The minimum atomic E-state index is -0.509. The van der Waals surface area contributed by atoms with Gasteiger partial charge in [0, 0.05) is 23.0 Å². The lowest BCUT2D eigenvalue weighted by Gasteiger charge is -2.15. The topological polar surface area (TPSA) is 73.3 Å². The van der Waals surface area contributed by atoms with Gasteiger partial charge in [0.25, 0.3) is 0 Å². The minimum absolute atomic E-state index is 0.327. The Balaban J connectivity index is 1.79. The molecule has 6 nitrogen and oxygen atoms in total. The van der Waals surface area contributed by atoms with Crippen LogP contribution in [0.5, 0.6) is 5.75 Å². The highest BCUT2D eigenvalue weighted by molar-refractivity contribution is 5.85. The van der Waals surface area contributed by atoms with Crippen molar-refractivity contribution in [2.24, 2.45) is 0 Å². The van der Waals surface area contributed by atoms with Crippen LogP contribution in [0.2, 0.25) is 0 Å². The van der Waals surface area contributed by atoms with Crippen LogP contribution in [0, 0.1) is 20.8 Å². The zero-order valence-corrected chi connectivity index (χ0v) is 16.4. The molecule has 3 aromatic rings. The predicted molar refractivity (Wildman–Crippen MR) is 108 cm³/mol. The van der Waals surface area contributed by atoms with E-state index in [2.05, 4.69) is 15.3 Å². The standard InChI is InChI=1S/C22H23N3O3/c1-14-6-5-7-19(25-22(26)27-4)18(14)13-28-20-9-8-17(12-15(20)2)21-23-11-10-16(3)24-21/h5-12H,13H2,1-4H3,(H,25,26). The molecule has 0 unspecified atom stereocenters. The van der Waals surface area contributed by atoms with Crippen molar-refractivity contribution in [2.75, 3.05) is 12.4 Å². The first-order valence-corrected chi connectivity index (χ1v) is 8.95. The van der Waals surface area contributed by atoms with Gasteiger partial charge in [-0.25, -0.2) is 14.8 Å². The smallest absolute Gasteiger partial charge is 0.411 e. The number of aryl methyl sites for hydroxylation is 3. The molecule has 0 spiro atoms. The van der Waals surface area contributed by atoms with E-state index in [1.807, 2.05) is 63.2 Å². The highest BCUT2D eigenvalue weighted by Crippen LogP contribution is 2.27. The van der Waals surface area contributed by atoms with E-state index in [4.69, 9.17) is 9.47 Å². The van der Waals surface area contributed by atoms with E-state index in [1.54, 1.807) is 6.20 Å². The molecule has 0 aliphatic rings. The molecule has 1 N–H and O–H groups in total. The third kappa shape index (κ3) is 4.46. The van der Waals surface area contributed by atoms with Crippen molar-refractivity contribution in [3.63, 3.8) is 0 Å². The fourth-order valence-electron chi connectivity index (χ4n) is 2.86. The van der Waals surface area contributed by atoms with E-state index in [1.165, 1.54) is 7.11 Å². The maximum Gasteiger partial charge on any atom is 0.411 e. The number of amides is 1. The van der Waals surface area contributed by atoms with Crippen molar-refractivity contribution in [3.8, 4) is 17.1 Å². The van der Waals surface area contributed by atoms with Crippen LogP contribution in [-0.4, -0.2) is 23.2 Å². The number of benzene rings is 2. The van der Waals surface area contributed by atoms with Crippen molar-refractivity contribution in [2.45, 2.75) is 27.4 Å². The van der Waals surface area contributed by atoms with Gasteiger partial charge in [0.1, 0.15) is 12.4 Å². The summed E-state index contributed by atoms with van der Waals surface area (Å²) >= 11 is 0. The van der Waals surface area contributed by atoms with Crippen molar-refractivity contribution < 1.29 is 14.3 Å². The molecule has 3 rings (SSSR count). The maximum absolute atomic E-state index is 11.6. The van der Waals surface area contributed by atoms with Gasteiger partial charge in [-0.1, -0.05) is 12.1 Å². The number of ether oxygens (including phenoxy) is 2. The summed E-state index contributed by atoms with van der Waals surface area (Å²) in [6.45, 7) is 6.23. The van der Waals surface area contributed by atoms with Gasteiger partial charge in [0.05, 0.1) is 12.8 Å². The van der Waals surface area contributed by atoms with Crippen LogP contribution in [-0.2, 0) is 11.3 Å². The highest BCUT2D eigenvalue weighted by Gasteiger charge is 2.11. The number of rotatable bonds is 5. The van der Waals surface area contributed by atoms with Crippen LogP contribution in [0.4, 0.5) is 10.5 Å². The number of anilines is 1. The van der Waals surface area contributed by atoms with Gasteiger partial charge in [0.2, 0.25) is 0 Å². The predicted octanol–water partition coefficient (Wildman–Crippen LogP) is 4.83. The SMILES string of the molecule is COC(=O)Nc1cccc(C)c1COc1ccc(-c2nccc(C)n2)cc1C. The summed E-state index contributed by atoms with van der Waals surface area (Å²) in [6, 6.07) is 13.4. The second kappa shape index (κ2) is 8.52. The van der Waals surface area contributed by atoms with Gasteiger partial charge in [-0.05, 0) is 62.2 Å². The molecule has 1 aromatic heterocycles. The van der Waals surface area contributed by atoms with Crippen LogP contribution in [0.3, 0.4) is 0 Å². The Morgan fingerprint density at radius 3 is 2.61 bits per heavy atom. The Hall–Kier alpha value is -3.41. The zero-order chi connectivity index (χ0) is 20.1. The molecule has 0 aliphatic carbocycles. The molecule has 1 heterocycles. The van der Waals surface area contributed by atoms with E-state index < -0.39 is 6.09 Å². The number of carbonyl (C=O) groups excluding carboxylic acids is 1. The summed E-state index contributed by atoms with van der Waals surface area (Å²) in [4.78, 5) is 20.4. The Morgan fingerprint density at radius 2 is 1.89 bits per heavy atom. The molecular formula is C22H23N3O3. The van der Waals surface area contributed by atoms with Gasteiger partial charge in [0.15, 0.2) is 5.82 Å². The summed E-state index contributed by atoms with van der Waals surface area (Å²) in [5.41, 5.74) is 5.45. The Labute approximate surface area is 164 Å². The molecule has 0 saturated heterocycles. The lowest BCUT2D eigenvalue weighted by Crippen LogP contribution is -2.14. The molecule has 28 heavy (non-hydrogen) atoms. The summed E-state index contributed by atoms with van der Waals surface area (Å²) in [6.07, 6.45) is 1.25. The van der Waals surface area contributed by atoms with Crippen molar-refractivity contribution in [1.82, 2.24) is 9.97 Å². The molecule has 0 fully saturated rings. The van der Waals surface area contributed by atoms with Gasteiger partial charge < -0.3 is 9.47 Å². The fraction of sp³-hybridized carbons (Fsp3) is 0.227. The lowest BCUT2D eigenvalue weighted by atomic mass is 10.1. The summed E-state index contributed by atoms with van der Waals surface area (Å²) in [5, 5.41) is 2.73. The molecule has 6 heteroatoms. The van der Waals surface area contributed by atoms with E-state index in [-0.39, 0.29) is 0 Å². The second-order valence-corrected chi connectivity index (χ2v) is 6.51. The molecule has 0 radical (unpaired) electrons. The Morgan fingerprint density at radius 1 is 1.07 bits per heavy atom. The third-order valence-corrected chi connectivity index (χ3v) is 4.43. The number of carbonyl (C=O) groups is 1. The number of hydrogen-bond donors (Lipinski definition) is 1. The number of methoxy groups -OCH3 is 1. The van der Waals surface area contributed by atoms with E-state index in [9.17, 15) is 4.79 Å². The normalized spacial score (nSPS) is 10.4. The van der Waals surface area contributed by atoms with Crippen LogP contribution >= 0.6 is 0 Å².